The maximum Gasteiger partial charge on any atom is 0.321 e. The molecule has 0 unspecified atom stereocenters. The molecule has 2 N–H and O–H groups in total. The highest BCUT2D eigenvalue weighted by Crippen LogP contribution is 2.24. The summed E-state index contributed by atoms with van der Waals surface area (Å²) in [5.41, 5.74) is 3.06. The highest BCUT2D eigenvalue weighted by atomic mass is 79.9. The van der Waals surface area contributed by atoms with Gasteiger partial charge in [0.05, 0.1) is 11.4 Å². The Morgan fingerprint density at radius 1 is 1.06 bits per heavy atom. The molecule has 1 aromatic heterocycles. The number of aromatic nitrogens is 1. The molecule has 1 fully saturated rings. The van der Waals surface area contributed by atoms with Crippen LogP contribution in [0.2, 0.25) is 0 Å². The second-order valence-corrected chi connectivity index (χ2v) is 8.71. The summed E-state index contributed by atoms with van der Waals surface area (Å²) in [6.45, 7) is 5.36. The summed E-state index contributed by atoms with van der Waals surface area (Å²) < 4.78 is 6.75. The van der Waals surface area contributed by atoms with Gasteiger partial charge in [-0.15, -0.1) is 0 Å². The molecule has 2 heterocycles. The molecule has 2 aromatic carbocycles. The van der Waals surface area contributed by atoms with E-state index in [0.29, 0.717) is 31.1 Å². The van der Waals surface area contributed by atoms with Gasteiger partial charge in [0.15, 0.2) is 0 Å². The molecule has 0 aliphatic carbocycles. The first kappa shape index (κ1) is 23.0. The number of para-hydroxylation sites is 1. The third-order valence-electron chi connectivity index (χ3n) is 5.66. The largest absolute Gasteiger partial charge is 0.441 e. The number of amides is 3. The van der Waals surface area contributed by atoms with E-state index >= 15 is 0 Å². The van der Waals surface area contributed by atoms with Crippen molar-refractivity contribution in [1.29, 1.82) is 0 Å². The summed E-state index contributed by atoms with van der Waals surface area (Å²) in [6, 6.07) is 14.7. The van der Waals surface area contributed by atoms with E-state index in [1.165, 1.54) is 0 Å². The molecule has 0 saturated carbocycles. The van der Waals surface area contributed by atoms with Crippen LogP contribution in [0.3, 0.4) is 0 Å². The standard InChI is InChI=1S/C24H26BrN5O3/c1-16-21(27-23(33-16)18-9-7-17(8-10-18)22(31)26-2)15-29-11-13-30(14-12-29)24(32)28-20-6-4-3-5-19(20)25/h3-10H,11-15H2,1-2H3,(H,26,31)(H,28,32). The van der Waals surface area contributed by atoms with Crippen molar-refractivity contribution in [2.45, 2.75) is 13.5 Å². The van der Waals surface area contributed by atoms with Crippen LogP contribution in [0.15, 0.2) is 57.4 Å². The number of rotatable bonds is 5. The maximum absolute atomic E-state index is 12.6. The van der Waals surface area contributed by atoms with E-state index in [0.717, 1.165) is 40.3 Å². The van der Waals surface area contributed by atoms with Gasteiger partial charge in [-0.25, -0.2) is 9.78 Å². The van der Waals surface area contributed by atoms with Crippen LogP contribution in [-0.2, 0) is 6.54 Å². The minimum atomic E-state index is -0.130. The first-order valence-electron chi connectivity index (χ1n) is 10.8. The molecule has 1 saturated heterocycles. The Morgan fingerprint density at radius 2 is 1.76 bits per heavy atom. The molecule has 172 valence electrons. The van der Waals surface area contributed by atoms with Gasteiger partial charge in [0.25, 0.3) is 5.91 Å². The fraction of sp³-hybridized carbons (Fsp3) is 0.292. The van der Waals surface area contributed by atoms with Crippen molar-refractivity contribution in [3.63, 3.8) is 0 Å². The second-order valence-electron chi connectivity index (χ2n) is 7.85. The van der Waals surface area contributed by atoms with Crippen LogP contribution in [-0.4, -0.2) is 59.9 Å². The van der Waals surface area contributed by atoms with Crippen molar-refractivity contribution in [1.82, 2.24) is 20.1 Å². The van der Waals surface area contributed by atoms with E-state index in [9.17, 15) is 9.59 Å². The van der Waals surface area contributed by atoms with E-state index < -0.39 is 0 Å². The molecule has 3 aromatic rings. The lowest BCUT2D eigenvalue weighted by Gasteiger charge is -2.34. The van der Waals surface area contributed by atoms with Crippen molar-refractivity contribution in [3.8, 4) is 11.5 Å². The molecule has 9 heteroatoms. The number of nitrogens with zero attached hydrogens (tertiary/aromatic N) is 3. The quantitative estimate of drug-likeness (QED) is 0.537. The fourth-order valence-electron chi connectivity index (χ4n) is 3.68. The zero-order chi connectivity index (χ0) is 23.4. The Bertz CT molecular complexity index is 1140. The lowest BCUT2D eigenvalue weighted by atomic mass is 10.1. The van der Waals surface area contributed by atoms with Crippen LogP contribution < -0.4 is 10.6 Å². The predicted molar refractivity (Wildman–Crippen MR) is 130 cm³/mol. The summed E-state index contributed by atoms with van der Waals surface area (Å²) in [4.78, 5) is 33.1. The number of piperazine rings is 1. The molecule has 8 nitrogen and oxygen atoms in total. The Balaban J connectivity index is 1.33. The summed E-state index contributed by atoms with van der Waals surface area (Å²) in [7, 11) is 1.61. The summed E-state index contributed by atoms with van der Waals surface area (Å²) in [5, 5.41) is 5.57. The molecule has 33 heavy (non-hydrogen) atoms. The number of aryl methyl sites for hydroxylation is 1. The molecule has 3 amide bonds. The molecule has 0 bridgehead atoms. The van der Waals surface area contributed by atoms with Gasteiger partial charge in [0.1, 0.15) is 5.76 Å². The molecule has 1 aliphatic heterocycles. The third kappa shape index (κ3) is 5.43. The summed E-state index contributed by atoms with van der Waals surface area (Å²) in [5.74, 6) is 1.18. The van der Waals surface area contributed by atoms with Gasteiger partial charge in [-0.1, -0.05) is 12.1 Å². The van der Waals surface area contributed by atoms with Gasteiger partial charge < -0.3 is 20.0 Å². The monoisotopic (exact) mass is 511 g/mol. The lowest BCUT2D eigenvalue weighted by Crippen LogP contribution is -2.49. The minimum absolute atomic E-state index is 0.0957. The number of carbonyl (C=O) groups is 2. The summed E-state index contributed by atoms with van der Waals surface area (Å²) >= 11 is 3.46. The normalized spacial score (nSPS) is 14.2. The van der Waals surface area contributed by atoms with Crippen LogP contribution >= 0.6 is 15.9 Å². The zero-order valence-electron chi connectivity index (χ0n) is 18.6. The number of anilines is 1. The topological polar surface area (TPSA) is 90.7 Å². The van der Waals surface area contributed by atoms with E-state index in [1.54, 1.807) is 19.2 Å². The highest BCUT2D eigenvalue weighted by Gasteiger charge is 2.23. The SMILES string of the molecule is CNC(=O)c1ccc(-c2nc(CN3CCN(C(=O)Nc4ccccc4Br)CC3)c(C)o2)cc1. The molecule has 0 spiro atoms. The van der Waals surface area contributed by atoms with Gasteiger partial charge in [-0.3, -0.25) is 9.69 Å². The van der Waals surface area contributed by atoms with Crippen molar-refractivity contribution >= 4 is 33.6 Å². The van der Waals surface area contributed by atoms with Crippen LogP contribution in [0, 0.1) is 6.92 Å². The predicted octanol–water partition coefficient (Wildman–Crippen LogP) is 4.12. The molecular weight excluding hydrogens is 486 g/mol. The number of benzene rings is 2. The highest BCUT2D eigenvalue weighted by molar-refractivity contribution is 9.10. The van der Waals surface area contributed by atoms with E-state index in [2.05, 4.69) is 36.4 Å². The Labute approximate surface area is 201 Å². The van der Waals surface area contributed by atoms with Gasteiger partial charge in [-0.05, 0) is 59.3 Å². The van der Waals surface area contributed by atoms with Gasteiger partial charge in [0.2, 0.25) is 5.89 Å². The van der Waals surface area contributed by atoms with E-state index in [1.807, 2.05) is 48.2 Å². The number of hydrogen-bond donors (Lipinski definition) is 2. The lowest BCUT2D eigenvalue weighted by molar-refractivity contribution is 0.0963. The van der Waals surface area contributed by atoms with Crippen molar-refractivity contribution in [2.24, 2.45) is 0 Å². The number of oxazole rings is 1. The number of urea groups is 1. The first-order valence-corrected chi connectivity index (χ1v) is 11.6. The van der Waals surface area contributed by atoms with Crippen molar-refractivity contribution in [3.05, 3.63) is 70.0 Å². The van der Waals surface area contributed by atoms with Crippen LogP contribution in [0.5, 0.6) is 0 Å². The van der Waals surface area contributed by atoms with Gasteiger partial charge in [-0.2, -0.15) is 0 Å². The van der Waals surface area contributed by atoms with Crippen LogP contribution in [0.1, 0.15) is 21.8 Å². The molecule has 1 aliphatic rings. The smallest absolute Gasteiger partial charge is 0.321 e. The number of hydrogen-bond acceptors (Lipinski definition) is 5. The Morgan fingerprint density at radius 3 is 2.42 bits per heavy atom. The second kappa shape index (κ2) is 10.2. The molecule has 4 rings (SSSR count). The maximum atomic E-state index is 12.6. The van der Waals surface area contributed by atoms with E-state index in [-0.39, 0.29) is 11.9 Å². The summed E-state index contributed by atoms with van der Waals surface area (Å²) in [6.07, 6.45) is 0. The van der Waals surface area contributed by atoms with Crippen LogP contribution in [0.25, 0.3) is 11.5 Å². The average Bonchev–Trinajstić information content (AvgIpc) is 3.20. The van der Waals surface area contributed by atoms with Crippen molar-refractivity contribution < 1.29 is 14.0 Å². The molecule has 0 atom stereocenters. The van der Waals surface area contributed by atoms with Gasteiger partial charge in [0, 0.05) is 55.4 Å². The zero-order valence-corrected chi connectivity index (χ0v) is 20.2. The first-order chi connectivity index (χ1) is 15.9. The Hall–Kier alpha value is -3.17. The molecule has 0 radical (unpaired) electrons. The van der Waals surface area contributed by atoms with Crippen LogP contribution in [0.4, 0.5) is 10.5 Å². The third-order valence-corrected chi connectivity index (χ3v) is 6.35. The number of halogens is 1. The Kier molecular flexibility index (Phi) is 7.10. The molecular formula is C24H26BrN5O3. The van der Waals surface area contributed by atoms with E-state index in [4.69, 9.17) is 4.42 Å². The number of carbonyl (C=O) groups excluding carboxylic acids is 2. The average molecular weight is 512 g/mol. The fourth-order valence-corrected chi connectivity index (χ4v) is 4.07. The minimum Gasteiger partial charge on any atom is -0.441 e. The van der Waals surface area contributed by atoms with Crippen molar-refractivity contribution in [2.75, 3.05) is 38.5 Å². The van der Waals surface area contributed by atoms with Gasteiger partial charge >= 0.3 is 6.03 Å². The number of nitrogens with one attached hydrogen (secondary N) is 2.